The maximum Gasteiger partial charge on any atom is 0.330 e. The molecule has 172 valence electrons. The van der Waals surface area contributed by atoms with Gasteiger partial charge in [-0.15, -0.1) is 0 Å². The van der Waals surface area contributed by atoms with Gasteiger partial charge in [0.2, 0.25) is 0 Å². The first kappa shape index (κ1) is 22.9. The molecule has 3 aromatic rings. The lowest BCUT2D eigenvalue weighted by atomic mass is 9.95. The van der Waals surface area contributed by atoms with Crippen molar-refractivity contribution < 1.29 is 23.1 Å². The van der Waals surface area contributed by atoms with E-state index < -0.39 is 21.3 Å². The van der Waals surface area contributed by atoms with Crippen molar-refractivity contribution >= 4 is 21.5 Å². The minimum absolute atomic E-state index is 0.0544. The minimum atomic E-state index is -3.68. The topological polar surface area (TPSA) is 92.7 Å². The Morgan fingerprint density at radius 2 is 1.73 bits per heavy atom. The van der Waals surface area contributed by atoms with E-state index in [9.17, 15) is 18.3 Å². The number of anilines is 1. The summed E-state index contributed by atoms with van der Waals surface area (Å²) in [4.78, 5) is 12.3. The van der Waals surface area contributed by atoms with E-state index in [2.05, 4.69) is 5.32 Å². The second kappa shape index (κ2) is 8.90. The summed E-state index contributed by atoms with van der Waals surface area (Å²) >= 11 is 0. The highest BCUT2D eigenvalue weighted by Crippen LogP contribution is 2.35. The number of carboxylic acid groups (broad SMARTS) is 1. The molecule has 0 saturated heterocycles. The van der Waals surface area contributed by atoms with Crippen molar-refractivity contribution in [2.75, 3.05) is 18.2 Å². The van der Waals surface area contributed by atoms with Crippen LogP contribution in [0.15, 0.2) is 71.6 Å². The van der Waals surface area contributed by atoms with Crippen molar-refractivity contribution in [3.05, 3.63) is 89.0 Å². The highest BCUT2D eigenvalue weighted by molar-refractivity contribution is 7.91. The van der Waals surface area contributed by atoms with Crippen LogP contribution < -0.4 is 10.1 Å². The fourth-order valence-electron chi connectivity index (χ4n) is 4.41. The summed E-state index contributed by atoms with van der Waals surface area (Å²) in [5.41, 5.74) is 3.17. The Morgan fingerprint density at radius 1 is 1.03 bits per heavy atom. The average Bonchev–Trinajstić information content (AvgIpc) is 3.17. The smallest absolute Gasteiger partial charge is 0.330 e. The van der Waals surface area contributed by atoms with Gasteiger partial charge < -0.3 is 15.2 Å². The molecule has 2 N–H and O–H groups in total. The third-order valence-corrected chi connectivity index (χ3v) is 7.87. The molecule has 6 nitrogen and oxygen atoms in total. The minimum Gasteiger partial charge on any atom is -0.495 e. The van der Waals surface area contributed by atoms with Gasteiger partial charge in [-0.05, 0) is 48.2 Å². The fourth-order valence-corrected chi connectivity index (χ4v) is 5.90. The molecule has 7 heteroatoms. The van der Waals surface area contributed by atoms with Crippen LogP contribution in [-0.2, 0) is 33.9 Å². The molecule has 0 radical (unpaired) electrons. The average molecular weight is 466 g/mol. The predicted molar refractivity (Wildman–Crippen MR) is 128 cm³/mol. The van der Waals surface area contributed by atoms with Crippen molar-refractivity contribution in [1.29, 1.82) is 0 Å². The summed E-state index contributed by atoms with van der Waals surface area (Å²) in [6, 6.07) is 20.1. The van der Waals surface area contributed by atoms with Crippen LogP contribution in [0.1, 0.15) is 22.3 Å². The van der Waals surface area contributed by atoms with E-state index >= 15 is 0 Å². The third-order valence-electron chi connectivity index (χ3n) is 6.14. The van der Waals surface area contributed by atoms with Gasteiger partial charge in [-0.25, -0.2) is 13.2 Å². The lowest BCUT2D eigenvalue weighted by Crippen LogP contribution is -2.47. The lowest BCUT2D eigenvalue weighted by molar-refractivity contribution is -0.142. The van der Waals surface area contributed by atoms with Crippen LogP contribution >= 0.6 is 0 Å². The molecule has 0 spiro atoms. The van der Waals surface area contributed by atoms with Crippen molar-refractivity contribution in [3.63, 3.8) is 0 Å². The number of rotatable bonds is 8. The molecule has 0 heterocycles. The Kier molecular flexibility index (Phi) is 6.17. The first-order valence-corrected chi connectivity index (χ1v) is 12.4. The van der Waals surface area contributed by atoms with Gasteiger partial charge in [0.1, 0.15) is 16.2 Å². The molecule has 1 aliphatic rings. The summed E-state index contributed by atoms with van der Waals surface area (Å²) in [6.45, 7) is 1.97. The van der Waals surface area contributed by atoms with Gasteiger partial charge in [0.05, 0.1) is 12.9 Å². The summed E-state index contributed by atoms with van der Waals surface area (Å²) in [7, 11) is -2.25. The molecule has 0 aliphatic heterocycles. The number of aryl methyl sites for hydroxylation is 2. The first-order valence-electron chi connectivity index (χ1n) is 10.8. The Hall–Kier alpha value is -3.32. The van der Waals surface area contributed by atoms with Gasteiger partial charge >= 0.3 is 5.97 Å². The maximum atomic E-state index is 13.2. The molecule has 0 fully saturated rings. The molecule has 1 aliphatic carbocycles. The highest BCUT2D eigenvalue weighted by Gasteiger charge is 2.44. The number of aliphatic carboxylic acids is 1. The Balaban J connectivity index is 1.62. The molecule has 3 aromatic carbocycles. The van der Waals surface area contributed by atoms with Crippen LogP contribution in [0.25, 0.3) is 0 Å². The molecule has 0 atom stereocenters. The van der Waals surface area contributed by atoms with E-state index in [0.29, 0.717) is 24.9 Å². The molecule has 4 rings (SSSR count). The molecular formula is C26H27NO5S. The molecule has 33 heavy (non-hydrogen) atoms. The highest BCUT2D eigenvalue weighted by atomic mass is 32.2. The zero-order valence-corrected chi connectivity index (χ0v) is 19.5. The quantitative estimate of drug-likeness (QED) is 0.521. The van der Waals surface area contributed by atoms with E-state index in [-0.39, 0.29) is 16.4 Å². The number of carboxylic acids is 1. The zero-order chi connectivity index (χ0) is 23.6. The molecule has 0 saturated carbocycles. The molecule has 0 bridgehead atoms. The fraction of sp³-hybridized carbons (Fsp3) is 0.269. The SMILES string of the molecule is COc1ccc(NC2(C(=O)O)Cc3ccccc3C2)cc1S(=O)(=O)CCc1cccc(C)c1. The number of methoxy groups -OCH3 is 1. The number of nitrogens with one attached hydrogen (secondary N) is 1. The van der Waals surface area contributed by atoms with E-state index in [1.807, 2.05) is 55.5 Å². The first-order chi connectivity index (χ1) is 15.7. The Bertz CT molecular complexity index is 1270. The van der Waals surface area contributed by atoms with Crippen LogP contribution in [0.3, 0.4) is 0 Å². The Labute approximate surface area is 194 Å². The summed E-state index contributed by atoms with van der Waals surface area (Å²) in [5, 5.41) is 13.2. The number of fused-ring (bicyclic) bond motifs is 1. The van der Waals surface area contributed by atoms with Gasteiger partial charge in [-0.2, -0.15) is 0 Å². The second-order valence-electron chi connectivity index (χ2n) is 8.56. The molecule has 0 aromatic heterocycles. The second-order valence-corrected chi connectivity index (χ2v) is 10.6. The van der Waals surface area contributed by atoms with Gasteiger partial charge in [0, 0.05) is 18.5 Å². The maximum absolute atomic E-state index is 13.2. The number of ether oxygens (including phenoxy) is 1. The van der Waals surface area contributed by atoms with E-state index in [1.165, 1.54) is 13.2 Å². The van der Waals surface area contributed by atoms with Gasteiger partial charge in [0.25, 0.3) is 0 Å². The van der Waals surface area contributed by atoms with E-state index in [1.54, 1.807) is 12.1 Å². The predicted octanol–water partition coefficient (Wildman–Crippen LogP) is 4.05. The number of carbonyl (C=O) groups is 1. The van der Waals surface area contributed by atoms with Crippen molar-refractivity contribution in [1.82, 2.24) is 0 Å². The van der Waals surface area contributed by atoms with Crippen molar-refractivity contribution in [3.8, 4) is 5.75 Å². The monoisotopic (exact) mass is 465 g/mol. The number of hydrogen-bond acceptors (Lipinski definition) is 5. The van der Waals surface area contributed by atoms with Crippen LogP contribution in [-0.4, -0.2) is 37.9 Å². The van der Waals surface area contributed by atoms with E-state index in [0.717, 1.165) is 22.3 Å². The van der Waals surface area contributed by atoms with E-state index in [4.69, 9.17) is 4.74 Å². The Morgan fingerprint density at radius 3 is 2.33 bits per heavy atom. The normalized spacial score (nSPS) is 14.5. The van der Waals surface area contributed by atoms with Crippen LogP contribution in [0, 0.1) is 6.92 Å². The molecule has 0 unspecified atom stereocenters. The van der Waals surface area contributed by atoms with Gasteiger partial charge in [-0.1, -0.05) is 54.1 Å². The van der Waals surface area contributed by atoms with Crippen LogP contribution in [0.2, 0.25) is 0 Å². The zero-order valence-electron chi connectivity index (χ0n) is 18.7. The van der Waals surface area contributed by atoms with Gasteiger partial charge in [-0.3, -0.25) is 0 Å². The molecular weight excluding hydrogens is 438 g/mol. The summed E-state index contributed by atoms with van der Waals surface area (Å²) < 4.78 is 31.8. The van der Waals surface area contributed by atoms with Crippen LogP contribution in [0.4, 0.5) is 5.69 Å². The number of hydrogen-bond donors (Lipinski definition) is 2. The third kappa shape index (κ3) is 4.73. The van der Waals surface area contributed by atoms with Gasteiger partial charge in [0.15, 0.2) is 9.84 Å². The number of benzene rings is 3. The van der Waals surface area contributed by atoms with Crippen LogP contribution in [0.5, 0.6) is 5.75 Å². The summed E-state index contributed by atoms with van der Waals surface area (Å²) in [6.07, 6.45) is 1.01. The molecule has 0 amide bonds. The number of sulfone groups is 1. The van der Waals surface area contributed by atoms with Crippen molar-refractivity contribution in [2.45, 2.75) is 36.6 Å². The van der Waals surface area contributed by atoms with Crippen molar-refractivity contribution in [2.24, 2.45) is 0 Å². The standard InChI is InChI=1S/C26H27NO5S/c1-18-6-5-7-19(14-18)12-13-33(30,31)24-15-22(10-11-23(24)32-2)27-26(25(28)29)16-20-8-3-4-9-21(20)17-26/h3-11,14-15,27H,12-13,16-17H2,1-2H3,(H,28,29). The lowest BCUT2D eigenvalue weighted by Gasteiger charge is -2.27. The summed E-state index contributed by atoms with van der Waals surface area (Å²) in [5.74, 6) is -0.812. The largest absolute Gasteiger partial charge is 0.495 e.